The lowest BCUT2D eigenvalue weighted by Crippen LogP contribution is -2.17. The number of nitrogens with zero attached hydrogens (tertiary/aromatic N) is 1. The predicted molar refractivity (Wildman–Crippen MR) is 69.1 cm³/mol. The fourth-order valence-corrected chi connectivity index (χ4v) is 2.66. The van der Waals surface area contributed by atoms with Gasteiger partial charge in [-0.25, -0.2) is 0 Å². The summed E-state index contributed by atoms with van der Waals surface area (Å²) in [6, 6.07) is 1.93. The average Bonchev–Trinajstić information content (AvgIpc) is 2.28. The van der Waals surface area contributed by atoms with Gasteiger partial charge in [-0.05, 0) is 31.4 Å². The monoisotopic (exact) mass is 231 g/mol. The number of ketones is 1. The van der Waals surface area contributed by atoms with Crippen LogP contribution < -0.4 is 0 Å². The first-order valence-corrected chi connectivity index (χ1v) is 6.74. The molecule has 0 unspecified atom stereocenters. The molecule has 1 aliphatic carbocycles. The summed E-state index contributed by atoms with van der Waals surface area (Å²) in [6.07, 6.45) is 11.9. The first-order valence-electron chi connectivity index (χ1n) is 6.74. The second-order valence-electron chi connectivity index (χ2n) is 5.10. The molecule has 1 saturated carbocycles. The zero-order chi connectivity index (χ0) is 12.1. The van der Waals surface area contributed by atoms with Crippen molar-refractivity contribution in [3.63, 3.8) is 0 Å². The standard InChI is InChI=1S/C15H21NO/c1-12-9-10-16-11-14(12)15(17)13-7-5-3-2-4-6-8-13/h9-11,13H,2-8H2,1H3. The highest BCUT2D eigenvalue weighted by Gasteiger charge is 2.21. The molecule has 2 heteroatoms. The smallest absolute Gasteiger partial charge is 0.167 e. The Labute approximate surface area is 103 Å². The van der Waals surface area contributed by atoms with Crippen LogP contribution in [0, 0.1) is 12.8 Å². The number of Topliss-reactive ketones (excluding diaryl/α,β-unsaturated/α-hetero) is 1. The van der Waals surface area contributed by atoms with Crippen molar-refractivity contribution in [2.24, 2.45) is 5.92 Å². The van der Waals surface area contributed by atoms with E-state index in [1.54, 1.807) is 12.4 Å². The third-order valence-corrected chi connectivity index (χ3v) is 3.78. The third-order valence-electron chi connectivity index (χ3n) is 3.78. The van der Waals surface area contributed by atoms with E-state index in [0.29, 0.717) is 5.78 Å². The molecule has 1 aromatic heterocycles. The van der Waals surface area contributed by atoms with Crippen LogP contribution in [0.15, 0.2) is 18.5 Å². The fourth-order valence-electron chi connectivity index (χ4n) is 2.66. The highest BCUT2D eigenvalue weighted by Crippen LogP contribution is 2.26. The van der Waals surface area contributed by atoms with Crippen molar-refractivity contribution >= 4 is 5.78 Å². The van der Waals surface area contributed by atoms with E-state index in [1.807, 2.05) is 13.0 Å². The van der Waals surface area contributed by atoms with Crippen molar-refractivity contribution in [1.29, 1.82) is 0 Å². The summed E-state index contributed by atoms with van der Waals surface area (Å²) in [4.78, 5) is 16.5. The van der Waals surface area contributed by atoms with Gasteiger partial charge >= 0.3 is 0 Å². The van der Waals surface area contributed by atoms with Gasteiger partial charge in [0.2, 0.25) is 0 Å². The van der Waals surface area contributed by atoms with Gasteiger partial charge in [-0.2, -0.15) is 0 Å². The first kappa shape index (κ1) is 12.3. The van der Waals surface area contributed by atoms with Crippen LogP contribution in [0.1, 0.15) is 60.9 Å². The van der Waals surface area contributed by atoms with Crippen LogP contribution in [-0.4, -0.2) is 10.8 Å². The quantitative estimate of drug-likeness (QED) is 0.722. The SMILES string of the molecule is Cc1ccncc1C(=O)C1CCCCCCC1. The van der Waals surface area contributed by atoms with Gasteiger partial charge in [0, 0.05) is 23.9 Å². The number of aromatic nitrogens is 1. The lowest BCUT2D eigenvalue weighted by Gasteiger charge is -2.19. The molecular weight excluding hydrogens is 210 g/mol. The Balaban J connectivity index is 2.10. The molecule has 1 fully saturated rings. The molecule has 2 rings (SSSR count). The Kier molecular flexibility index (Phi) is 4.29. The molecule has 0 saturated heterocycles. The lowest BCUT2D eigenvalue weighted by atomic mass is 9.85. The maximum atomic E-state index is 12.4. The van der Waals surface area contributed by atoms with Crippen molar-refractivity contribution in [2.75, 3.05) is 0 Å². The largest absolute Gasteiger partial charge is 0.294 e. The van der Waals surface area contributed by atoms with Crippen LogP contribution in [0.2, 0.25) is 0 Å². The predicted octanol–water partition coefficient (Wildman–Crippen LogP) is 3.93. The van der Waals surface area contributed by atoms with Crippen molar-refractivity contribution in [3.8, 4) is 0 Å². The minimum atomic E-state index is 0.234. The summed E-state index contributed by atoms with van der Waals surface area (Å²) in [6.45, 7) is 2.00. The highest BCUT2D eigenvalue weighted by molar-refractivity contribution is 5.98. The topological polar surface area (TPSA) is 30.0 Å². The van der Waals surface area contributed by atoms with Crippen LogP contribution >= 0.6 is 0 Å². The second-order valence-corrected chi connectivity index (χ2v) is 5.10. The Hall–Kier alpha value is -1.18. The molecule has 0 amide bonds. The van der Waals surface area contributed by atoms with Gasteiger partial charge in [-0.3, -0.25) is 9.78 Å². The molecule has 0 atom stereocenters. The molecule has 1 aromatic rings. The molecule has 0 aliphatic heterocycles. The van der Waals surface area contributed by atoms with Crippen LogP contribution in [0.5, 0.6) is 0 Å². The summed E-state index contributed by atoms with van der Waals surface area (Å²) >= 11 is 0. The average molecular weight is 231 g/mol. The van der Waals surface area contributed by atoms with Gasteiger partial charge in [-0.1, -0.05) is 32.1 Å². The molecule has 0 N–H and O–H groups in total. The number of aryl methyl sites for hydroxylation is 1. The molecule has 0 radical (unpaired) electrons. The van der Waals surface area contributed by atoms with E-state index in [-0.39, 0.29) is 5.92 Å². The van der Waals surface area contributed by atoms with E-state index < -0.39 is 0 Å². The number of carbonyl (C=O) groups is 1. The van der Waals surface area contributed by atoms with Gasteiger partial charge in [0.25, 0.3) is 0 Å². The molecule has 92 valence electrons. The van der Waals surface area contributed by atoms with Gasteiger partial charge in [0.15, 0.2) is 5.78 Å². The Morgan fingerprint density at radius 3 is 2.47 bits per heavy atom. The van der Waals surface area contributed by atoms with E-state index in [1.165, 1.54) is 32.1 Å². The Morgan fingerprint density at radius 2 is 1.82 bits per heavy atom. The van der Waals surface area contributed by atoms with Gasteiger partial charge < -0.3 is 0 Å². The summed E-state index contributed by atoms with van der Waals surface area (Å²) in [5, 5.41) is 0. The maximum absolute atomic E-state index is 12.4. The lowest BCUT2D eigenvalue weighted by molar-refractivity contribution is 0.0897. The second kappa shape index (κ2) is 5.95. The van der Waals surface area contributed by atoms with Gasteiger partial charge in [0.1, 0.15) is 0 Å². The van der Waals surface area contributed by atoms with Crippen molar-refractivity contribution in [3.05, 3.63) is 29.6 Å². The van der Waals surface area contributed by atoms with E-state index in [4.69, 9.17) is 0 Å². The number of rotatable bonds is 2. The van der Waals surface area contributed by atoms with E-state index in [2.05, 4.69) is 4.98 Å². The molecule has 2 nitrogen and oxygen atoms in total. The molecule has 1 aliphatic rings. The minimum absolute atomic E-state index is 0.234. The number of carbonyl (C=O) groups excluding carboxylic acids is 1. The maximum Gasteiger partial charge on any atom is 0.167 e. The number of pyridine rings is 1. The molecule has 1 heterocycles. The van der Waals surface area contributed by atoms with Crippen LogP contribution in [0.3, 0.4) is 0 Å². The summed E-state index contributed by atoms with van der Waals surface area (Å²) in [5.74, 6) is 0.552. The third kappa shape index (κ3) is 3.15. The van der Waals surface area contributed by atoms with Crippen molar-refractivity contribution in [2.45, 2.75) is 51.9 Å². The normalized spacial score (nSPS) is 18.4. The zero-order valence-corrected chi connectivity index (χ0v) is 10.6. The first-order chi connectivity index (χ1) is 8.29. The molecule has 17 heavy (non-hydrogen) atoms. The van der Waals surface area contributed by atoms with Crippen LogP contribution in [-0.2, 0) is 0 Å². The van der Waals surface area contributed by atoms with Crippen molar-refractivity contribution in [1.82, 2.24) is 4.98 Å². The molecule has 0 aromatic carbocycles. The fraction of sp³-hybridized carbons (Fsp3) is 0.600. The highest BCUT2D eigenvalue weighted by atomic mass is 16.1. The number of hydrogen-bond acceptors (Lipinski definition) is 2. The van der Waals surface area contributed by atoms with E-state index >= 15 is 0 Å². The Bertz CT molecular complexity index is 378. The number of hydrogen-bond donors (Lipinski definition) is 0. The summed E-state index contributed by atoms with van der Waals surface area (Å²) in [7, 11) is 0. The van der Waals surface area contributed by atoms with Gasteiger partial charge in [0.05, 0.1) is 0 Å². The molecular formula is C15H21NO. The summed E-state index contributed by atoms with van der Waals surface area (Å²) < 4.78 is 0. The van der Waals surface area contributed by atoms with E-state index in [0.717, 1.165) is 24.0 Å². The van der Waals surface area contributed by atoms with Crippen LogP contribution in [0.25, 0.3) is 0 Å². The van der Waals surface area contributed by atoms with E-state index in [9.17, 15) is 4.79 Å². The van der Waals surface area contributed by atoms with Gasteiger partial charge in [-0.15, -0.1) is 0 Å². The van der Waals surface area contributed by atoms with Crippen LogP contribution in [0.4, 0.5) is 0 Å². The Morgan fingerprint density at radius 1 is 1.18 bits per heavy atom. The summed E-state index contributed by atoms with van der Waals surface area (Å²) in [5.41, 5.74) is 1.89. The molecule has 0 bridgehead atoms. The minimum Gasteiger partial charge on any atom is -0.294 e. The van der Waals surface area contributed by atoms with Crippen molar-refractivity contribution < 1.29 is 4.79 Å². The molecule has 0 spiro atoms. The zero-order valence-electron chi connectivity index (χ0n) is 10.6.